The Morgan fingerprint density at radius 2 is 2.19 bits per heavy atom. The zero-order valence-electron chi connectivity index (χ0n) is 8.17. The van der Waals surface area contributed by atoms with Crippen LogP contribution in [-0.4, -0.2) is 25.8 Å². The fourth-order valence-corrected chi connectivity index (χ4v) is 1.59. The average molecular weight is 238 g/mol. The highest BCUT2D eigenvalue weighted by Gasteiger charge is 2.11. The van der Waals surface area contributed by atoms with E-state index in [0.717, 1.165) is 0 Å². The fourth-order valence-electron chi connectivity index (χ4n) is 1.36. The molecule has 2 aromatic rings. The molecule has 0 unspecified atom stereocenters. The van der Waals surface area contributed by atoms with Gasteiger partial charge < -0.3 is 5.11 Å². The van der Waals surface area contributed by atoms with Gasteiger partial charge in [0, 0.05) is 0 Å². The first-order chi connectivity index (χ1) is 7.68. The monoisotopic (exact) mass is 237 g/mol. The van der Waals surface area contributed by atoms with Gasteiger partial charge in [-0.25, -0.2) is 0 Å². The number of carbonyl (C=O) groups is 1. The van der Waals surface area contributed by atoms with Crippen molar-refractivity contribution in [3.63, 3.8) is 0 Å². The Morgan fingerprint density at radius 3 is 2.88 bits per heavy atom. The SMILES string of the molecule is O=C(O)Cc1nncn1-c1ccccc1Cl. The Bertz CT molecular complexity index is 524. The summed E-state index contributed by atoms with van der Waals surface area (Å²) in [6.45, 7) is 0. The van der Waals surface area contributed by atoms with Crippen LogP contribution in [0.3, 0.4) is 0 Å². The molecule has 0 fully saturated rings. The van der Waals surface area contributed by atoms with Gasteiger partial charge in [-0.3, -0.25) is 9.36 Å². The largest absolute Gasteiger partial charge is 0.481 e. The summed E-state index contributed by atoms with van der Waals surface area (Å²) in [4.78, 5) is 10.6. The van der Waals surface area contributed by atoms with Crippen LogP contribution in [0.15, 0.2) is 30.6 Å². The van der Waals surface area contributed by atoms with E-state index in [1.807, 2.05) is 6.07 Å². The number of carboxylic acid groups (broad SMARTS) is 1. The lowest BCUT2D eigenvalue weighted by molar-refractivity contribution is -0.136. The molecule has 1 aromatic heterocycles. The summed E-state index contributed by atoms with van der Waals surface area (Å²) >= 11 is 6.00. The van der Waals surface area contributed by atoms with E-state index in [-0.39, 0.29) is 6.42 Å². The van der Waals surface area contributed by atoms with E-state index in [1.165, 1.54) is 6.33 Å². The lowest BCUT2D eigenvalue weighted by atomic mass is 10.3. The number of halogens is 1. The molecular weight excluding hydrogens is 230 g/mol. The molecule has 1 aromatic carbocycles. The summed E-state index contributed by atoms with van der Waals surface area (Å²) in [7, 11) is 0. The normalized spacial score (nSPS) is 10.3. The average Bonchev–Trinajstić information content (AvgIpc) is 2.66. The molecule has 82 valence electrons. The molecule has 0 saturated carbocycles. The van der Waals surface area contributed by atoms with Crippen molar-refractivity contribution in [2.45, 2.75) is 6.42 Å². The van der Waals surface area contributed by atoms with Crippen molar-refractivity contribution >= 4 is 17.6 Å². The molecule has 0 saturated heterocycles. The highest BCUT2D eigenvalue weighted by Crippen LogP contribution is 2.20. The number of carboxylic acids is 1. The smallest absolute Gasteiger partial charge is 0.311 e. The first-order valence-corrected chi connectivity index (χ1v) is 4.92. The fraction of sp³-hybridized carbons (Fsp3) is 0.100. The molecule has 0 bridgehead atoms. The number of nitrogens with zero attached hydrogens (tertiary/aromatic N) is 3. The topological polar surface area (TPSA) is 68.0 Å². The molecule has 2 rings (SSSR count). The van der Waals surface area contributed by atoms with E-state index in [2.05, 4.69) is 10.2 Å². The molecule has 0 aliphatic rings. The number of benzene rings is 1. The van der Waals surface area contributed by atoms with Gasteiger partial charge in [-0.1, -0.05) is 23.7 Å². The molecular formula is C10H8ClN3O2. The maximum atomic E-state index is 10.6. The van der Waals surface area contributed by atoms with Crippen LogP contribution in [0.25, 0.3) is 5.69 Å². The molecule has 16 heavy (non-hydrogen) atoms. The molecule has 1 N–H and O–H groups in total. The van der Waals surface area contributed by atoms with Crippen molar-refractivity contribution in [2.24, 2.45) is 0 Å². The van der Waals surface area contributed by atoms with Crippen LogP contribution in [0.2, 0.25) is 5.02 Å². The van der Waals surface area contributed by atoms with Crippen molar-refractivity contribution < 1.29 is 9.90 Å². The van der Waals surface area contributed by atoms with Crippen LogP contribution < -0.4 is 0 Å². The lowest BCUT2D eigenvalue weighted by Gasteiger charge is -2.06. The third-order valence-corrected chi connectivity index (χ3v) is 2.36. The van der Waals surface area contributed by atoms with Gasteiger partial charge in [-0.15, -0.1) is 10.2 Å². The third-order valence-electron chi connectivity index (χ3n) is 2.04. The summed E-state index contributed by atoms with van der Waals surface area (Å²) in [6.07, 6.45) is 1.25. The number of hydrogen-bond acceptors (Lipinski definition) is 3. The number of para-hydroxylation sites is 1. The molecule has 0 spiro atoms. The molecule has 0 aliphatic heterocycles. The van der Waals surface area contributed by atoms with Gasteiger partial charge in [0.1, 0.15) is 18.6 Å². The maximum absolute atomic E-state index is 10.6. The second-order valence-electron chi connectivity index (χ2n) is 3.14. The minimum atomic E-state index is -0.957. The Labute approximate surface area is 96.3 Å². The first-order valence-electron chi connectivity index (χ1n) is 4.54. The summed E-state index contributed by atoms with van der Waals surface area (Å²) in [5, 5.41) is 16.7. The van der Waals surface area contributed by atoms with E-state index in [0.29, 0.717) is 16.5 Å². The van der Waals surface area contributed by atoms with E-state index in [9.17, 15) is 4.79 Å². The molecule has 0 aliphatic carbocycles. The second-order valence-corrected chi connectivity index (χ2v) is 3.55. The first kappa shape index (κ1) is 10.6. The Kier molecular flexibility index (Phi) is 2.87. The van der Waals surface area contributed by atoms with Crippen molar-refractivity contribution in [1.82, 2.24) is 14.8 Å². The van der Waals surface area contributed by atoms with E-state index >= 15 is 0 Å². The number of aromatic nitrogens is 3. The minimum absolute atomic E-state index is 0.189. The van der Waals surface area contributed by atoms with Crippen LogP contribution >= 0.6 is 11.6 Å². The van der Waals surface area contributed by atoms with Gasteiger partial charge in [0.2, 0.25) is 0 Å². The van der Waals surface area contributed by atoms with Gasteiger partial charge in [0.05, 0.1) is 10.7 Å². The highest BCUT2D eigenvalue weighted by atomic mass is 35.5. The molecule has 0 radical (unpaired) electrons. The van der Waals surface area contributed by atoms with Crippen LogP contribution in [0, 0.1) is 0 Å². The van der Waals surface area contributed by atoms with Crippen molar-refractivity contribution in [3.05, 3.63) is 41.4 Å². The lowest BCUT2D eigenvalue weighted by Crippen LogP contribution is -2.07. The van der Waals surface area contributed by atoms with Gasteiger partial charge in [0.25, 0.3) is 0 Å². The third kappa shape index (κ3) is 2.04. The standard InChI is InChI=1S/C10H8ClN3O2/c11-7-3-1-2-4-8(7)14-6-12-13-9(14)5-10(15)16/h1-4,6H,5H2,(H,15,16). The number of hydrogen-bond donors (Lipinski definition) is 1. The predicted molar refractivity (Wildman–Crippen MR) is 57.7 cm³/mol. The van der Waals surface area contributed by atoms with Gasteiger partial charge in [0.15, 0.2) is 0 Å². The maximum Gasteiger partial charge on any atom is 0.311 e. The van der Waals surface area contributed by atoms with Crippen LogP contribution in [0.5, 0.6) is 0 Å². The Morgan fingerprint density at radius 1 is 1.44 bits per heavy atom. The van der Waals surface area contributed by atoms with Gasteiger partial charge >= 0.3 is 5.97 Å². The van der Waals surface area contributed by atoms with Crippen molar-refractivity contribution in [1.29, 1.82) is 0 Å². The van der Waals surface area contributed by atoms with Crippen LogP contribution in [-0.2, 0) is 11.2 Å². The Hall–Kier alpha value is -1.88. The summed E-state index contributed by atoms with van der Waals surface area (Å²) < 4.78 is 1.57. The minimum Gasteiger partial charge on any atom is -0.481 e. The molecule has 0 atom stereocenters. The van der Waals surface area contributed by atoms with E-state index in [1.54, 1.807) is 22.8 Å². The summed E-state index contributed by atoms with van der Waals surface area (Å²) in [5.41, 5.74) is 0.672. The molecule has 0 amide bonds. The van der Waals surface area contributed by atoms with Crippen LogP contribution in [0.1, 0.15) is 5.82 Å². The van der Waals surface area contributed by atoms with E-state index in [4.69, 9.17) is 16.7 Å². The number of rotatable bonds is 3. The van der Waals surface area contributed by atoms with Gasteiger partial charge in [-0.05, 0) is 12.1 Å². The number of aliphatic carboxylic acids is 1. The highest BCUT2D eigenvalue weighted by molar-refractivity contribution is 6.32. The molecule has 6 heteroatoms. The summed E-state index contributed by atoms with van der Waals surface area (Å²) in [6, 6.07) is 7.11. The van der Waals surface area contributed by atoms with Crippen molar-refractivity contribution in [3.8, 4) is 5.69 Å². The zero-order valence-corrected chi connectivity index (χ0v) is 8.92. The van der Waals surface area contributed by atoms with Gasteiger partial charge in [-0.2, -0.15) is 0 Å². The predicted octanol–water partition coefficient (Wildman–Crippen LogP) is 1.55. The van der Waals surface area contributed by atoms with Crippen molar-refractivity contribution in [2.75, 3.05) is 0 Å². The molecule has 5 nitrogen and oxygen atoms in total. The molecule has 1 heterocycles. The summed E-state index contributed by atoms with van der Waals surface area (Å²) in [5.74, 6) is -0.609. The Balaban J connectivity index is 2.45. The zero-order chi connectivity index (χ0) is 11.5. The van der Waals surface area contributed by atoms with Crippen LogP contribution in [0.4, 0.5) is 0 Å². The van der Waals surface area contributed by atoms with E-state index < -0.39 is 5.97 Å². The quantitative estimate of drug-likeness (QED) is 0.880. The second kappa shape index (κ2) is 4.32.